The topological polar surface area (TPSA) is 85.8 Å². The number of aromatic nitrogens is 2. The number of aliphatic hydroxyl groups excluding tert-OH is 1. The Morgan fingerprint density at radius 1 is 0.690 bits per heavy atom. The highest BCUT2D eigenvalue weighted by molar-refractivity contribution is 5.22. The summed E-state index contributed by atoms with van der Waals surface area (Å²) in [6.45, 7) is 10.1. The third kappa shape index (κ3) is 11.4. The van der Waals surface area contributed by atoms with Gasteiger partial charge in [0, 0.05) is 70.3 Å². The second-order valence-electron chi connectivity index (χ2n) is 10.3. The fraction of sp³-hybridized carbons (Fsp3) is 0.353. The Labute approximate surface area is 250 Å². The van der Waals surface area contributed by atoms with Crippen LogP contribution in [0.1, 0.15) is 41.3 Å². The molecular weight excluding hydrogens is 524 g/mol. The molecule has 0 aliphatic carbocycles. The van der Waals surface area contributed by atoms with E-state index in [1.165, 1.54) is 11.1 Å². The smallest absolute Gasteiger partial charge is 0.182 e. The summed E-state index contributed by atoms with van der Waals surface area (Å²) in [5.41, 5.74) is 5.38. The Morgan fingerprint density at radius 2 is 1.21 bits per heavy atom. The van der Waals surface area contributed by atoms with Gasteiger partial charge < -0.3 is 20.5 Å². The van der Waals surface area contributed by atoms with Crippen molar-refractivity contribution < 1.29 is 9.84 Å². The highest BCUT2D eigenvalue weighted by atomic mass is 16.6. The third-order valence-corrected chi connectivity index (χ3v) is 7.06. The maximum atomic E-state index is 10.4. The van der Waals surface area contributed by atoms with Crippen LogP contribution in [0.4, 0.5) is 0 Å². The van der Waals surface area contributed by atoms with Crippen molar-refractivity contribution in [1.29, 1.82) is 0 Å². The van der Waals surface area contributed by atoms with Crippen LogP contribution in [0.2, 0.25) is 0 Å². The molecule has 3 N–H and O–H groups in total. The number of hydrogen-bond acceptors (Lipinski definition) is 8. The molecule has 0 amide bonds. The quantitative estimate of drug-likeness (QED) is 0.114. The van der Waals surface area contributed by atoms with Crippen molar-refractivity contribution >= 4 is 0 Å². The Morgan fingerprint density at radius 3 is 1.71 bits per heavy atom. The normalized spacial score (nSPS) is 12.2. The lowest BCUT2D eigenvalue weighted by Crippen LogP contribution is -2.36. The summed E-state index contributed by atoms with van der Waals surface area (Å²) in [5, 5.41) is 17.4. The van der Waals surface area contributed by atoms with Crippen LogP contribution in [0.3, 0.4) is 0 Å². The first-order chi connectivity index (χ1) is 20.7. The number of rotatable bonds is 19. The molecule has 8 nitrogen and oxygen atoms in total. The van der Waals surface area contributed by atoms with E-state index < -0.39 is 6.29 Å². The summed E-state index contributed by atoms with van der Waals surface area (Å²) in [4.78, 5) is 13.5. The molecule has 0 bridgehead atoms. The summed E-state index contributed by atoms with van der Waals surface area (Å²) >= 11 is 0. The highest BCUT2D eigenvalue weighted by Gasteiger charge is 2.11. The van der Waals surface area contributed by atoms with Gasteiger partial charge in [-0.15, -0.1) is 0 Å². The second-order valence-corrected chi connectivity index (χ2v) is 10.3. The molecule has 0 aliphatic rings. The number of aliphatic hydroxyl groups is 1. The van der Waals surface area contributed by atoms with Gasteiger partial charge in [0.2, 0.25) is 0 Å². The third-order valence-electron chi connectivity index (χ3n) is 7.06. The highest BCUT2D eigenvalue weighted by Crippen LogP contribution is 2.15. The van der Waals surface area contributed by atoms with Crippen LogP contribution in [0.15, 0.2) is 103 Å². The van der Waals surface area contributed by atoms with E-state index in [1.54, 1.807) is 0 Å². The number of benzene rings is 2. The summed E-state index contributed by atoms with van der Waals surface area (Å²) in [6.07, 6.45) is 2.74. The van der Waals surface area contributed by atoms with E-state index in [9.17, 15) is 5.11 Å². The molecule has 0 radical (unpaired) electrons. The van der Waals surface area contributed by atoms with Crippen molar-refractivity contribution in [1.82, 2.24) is 30.4 Å². The summed E-state index contributed by atoms with van der Waals surface area (Å²) < 4.78 is 5.73. The summed E-state index contributed by atoms with van der Waals surface area (Å²) in [5.74, 6) is 0. The zero-order valence-electron chi connectivity index (χ0n) is 24.6. The van der Waals surface area contributed by atoms with Crippen LogP contribution in [0.25, 0.3) is 0 Å². The molecule has 42 heavy (non-hydrogen) atoms. The van der Waals surface area contributed by atoms with Gasteiger partial charge in [-0.25, -0.2) is 0 Å². The van der Waals surface area contributed by atoms with E-state index in [1.807, 2.05) is 79.1 Å². The minimum absolute atomic E-state index is 0.360. The van der Waals surface area contributed by atoms with Crippen LogP contribution in [0, 0.1) is 0 Å². The lowest BCUT2D eigenvalue weighted by Gasteiger charge is -2.24. The molecule has 0 saturated carbocycles. The number of ether oxygens (including phenoxy) is 1. The van der Waals surface area contributed by atoms with E-state index in [4.69, 9.17) is 4.74 Å². The van der Waals surface area contributed by atoms with Crippen LogP contribution >= 0.6 is 0 Å². The maximum absolute atomic E-state index is 10.4. The minimum Gasteiger partial charge on any atom is -0.364 e. The second kappa shape index (κ2) is 18.1. The molecule has 0 spiro atoms. The van der Waals surface area contributed by atoms with Crippen molar-refractivity contribution in [2.45, 2.75) is 39.4 Å². The van der Waals surface area contributed by atoms with Crippen LogP contribution < -0.4 is 10.6 Å². The van der Waals surface area contributed by atoms with Gasteiger partial charge in [-0.05, 0) is 41.9 Å². The van der Waals surface area contributed by atoms with Gasteiger partial charge >= 0.3 is 0 Å². The first-order valence-electron chi connectivity index (χ1n) is 14.8. The van der Waals surface area contributed by atoms with Gasteiger partial charge in [0.15, 0.2) is 6.29 Å². The van der Waals surface area contributed by atoms with Gasteiger partial charge in [-0.3, -0.25) is 19.8 Å². The standard InChI is InChI=1S/C34H44N6O2/c1-2-39(28-42-34(41)31-10-4-3-5-11-31)26-29-14-16-30(17-15-29)27-40(22-20-35-24-32-12-6-8-18-37-32)23-21-36-25-33-13-7-9-19-38-33/h3-19,34-36,41H,2,20-28H2,1H3. The van der Waals surface area contributed by atoms with Crippen molar-refractivity contribution in [2.24, 2.45) is 0 Å². The molecule has 222 valence electrons. The molecule has 0 saturated heterocycles. The SMILES string of the molecule is CCN(COC(O)c1ccccc1)Cc1ccc(CN(CCNCc2ccccn2)CCNCc2ccccn2)cc1. The first-order valence-corrected chi connectivity index (χ1v) is 14.8. The monoisotopic (exact) mass is 568 g/mol. The van der Waals surface area contributed by atoms with Gasteiger partial charge in [-0.2, -0.15) is 0 Å². The van der Waals surface area contributed by atoms with Crippen molar-refractivity contribution in [3.63, 3.8) is 0 Å². The van der Waals surface area contributed by atoms with Gasteiger partial charge in [-0.1, -0.05) is 73.7 Å². The molecule has 4 aromatic rings. The molecule has 0 fully saturated rings. The Bertz CT molecular complexity index is 1200. The van der Waals surface area contributed by atoms with Crippen molar-refractivity contribution in [2.75, 3.05) is 39.5 Å². The maximum Gasteiger partial charge on any atom is 0.182 e. The van der Waals surface area contributed by atoms with E-state index in [0.717, 1.165) is 75.9 Å². The molecule has 8 heteroatoms. The number of hydrogen-bond donors (Lipinski definition) is 3. The summed E-state index contributed by atoms with van der Waals surface area (Å²) in [6, 6.07) is 30.3. The Hall–Kier alpha value is -3.50. The minimum atomic E-state index is -0.925. The van der Waals surface area contributed by atoms with Gasteiger partial charge in [0.1, 0.15) is 6.73 Å². The van der Waals surface area contributed by atoms with E-state index in [0.29, 0.717) is 6.73 Å². The van der Waals surface area contributed by atoms with Crippen LogP contribution in [-0.4, -0.2) is 64.3 Å². The van der Waals surface area contributed by atoms with Crippen molar-refractivity contribution in [3.8, 4) is 0 Å². The van der Waals surface area contributed by atoms with Gasteiger partial charge in [0.25, 0.3) is 0 Å². The molecule has 2 aromatic carbocycles. The Kier molecular flexibility index (Phi) is 13.6. The number of nitrogens with zero attached hydrogens (tertiary/aromatic N) is 4. The predicted octanol–water partition coefficient (Wildman–Crippen LogP) is 4.35. The van der Waals surface area contributed by atoms with Gasteiger partial charge in [0.05, 0.1) is 11.4 Å². The molecular formula is C34H44N6O2. The average molecular weight is 569 g/mol. The molecule has 1 atom stereocenters. The summed E-state index contributed by atoms with van der Waals surface area (Å²) in [7, 11) is 0. The van der Waals surface area contributed by atoms with Crippen LogP contribution in [-0.2, 0) is 30.9 Å². The predicted molar refractivity (Wildman–Crippen MR) is 167 cm³/mol. The molecule has 4 rings (SSSR count). The zero-order chi connectivity index (χ0) is 29.2. The largest absolute Gasteiger partial charge is 0.364 e. The number of nitrogens with one attached hydrogen (secondary N) is 2. The lowest BCUT2D eigenvalue weighted by molar-refractivity contribution is -0.137. The Balaban J connectivity index is 1.25. The van der Waals surface area contributed by atoms with E-state index in [-0.39, 0.29) is 0 Å². The average Bonchev–Trinajstić information content (AvgIpc) is 3.05. The zero-order valence-corrected chi connectivity index (χ0v) is 24.6. The van der Waals surface area contributed by atoms with E-state index >= 15 is 0 Å². The lowest BCUT2D eigenvalue weighted by atomic mass is 10.1. The fourth-order valence-corrected chi connectivity index (χ4v) is 4.59. The molecule has 2 aromatic heterocycles. The van der Waals surface area contributed by atoms with E-state index in [2.05, 4.69) is 61.6 Å². The number of pyridine rings is 2. The molecule has 0 aliphatic heterocycles. The molecule has 2 heterocycles. The first kappa shape index (κ1) is 31.4. The fourth-order valence-electron chi connectivity index (χ4n) is 4.59. The van der Waals surface area contributed by atoms with Crippen molar-refractivity contribution in [3.05, 3.63) is 131 Å². The van der Waals surface area contributed by atoms with Crippen LogP contribution in [0.5, 0.6) is 0 Å². The molecule has 1 unspecified atom stereocenters.